The van der Waals surface area contributed by atoms with Crippen molar-refractivity contribution in [3.63, 3.8) is 0 Å². The first kappa shape index (κ1) is 13.7. The molecule has 0 aliphatic rings. The van der Waals surface area contributed by atoms with Gasteiger partial charge in [-0.1, -0.05) is 6.07 Å². The molecule has 1 heterocycles. The molecule has 4 nitrogen and oxygen atoms in total. The van der Waals surface area contributed by atoms with Crippen molar-refractivity contribution in [3.8, 4) is 0 Å². The van der Waals surface area contributed by atoms with E-state index in [1.807, 2.05) is 0 Å². The summed E-state index contributed by atoms with van der Waals surface area (Å²) in [5, 5.41) is 11.1. The molecule has 17 heavy (non-hydrogen) atoms. The molecule has 7 heteroatoms. The molecule has 1 unspecified atom stereocenters. The summed E-state index contributed by atoms with van der Waals surface area (Å²) in [6.45, 7) is -0.146. The molecule has 0 aromatic carbocycles. The second-order valence-corrected chi connectivity index (χ2v) is 3.49. The minimum atomic E-state index is -4.61. The predicted octanol–water partition coefficient (Wildman–Crippen LogP) is 0.361. The Hall–Kier alpha value is -1.34. The molecule has 1 aromatic heterocycles. The monoisotopic (exact) mass is 250 g/mol. The summed E-state index contributed by atoms with van der Waals surface area (Å²) in [6.07, 6.45) is -5.45. The maximum absolute atomic E-state index is 11.9. The molecule has 1 aromatic rings. The Morgan fingerprint density at radius 2 is 2.12 bits per heavy atom. The topological polar surface area (TPSA) is 54.3 Å². The highest BCUT2D eigenvalue weighted by Crippen LogP contribution is 2.18. The molecule has 1 rings (SSSR count). The molecule has 0 saturated heterocycles. The van der Waals surface area contributed by atoms with Gasteiger partial charge in [0.15, 0.2) is 6.10 Å². The van der Waals surface area contributed by atoms with Crippen LogP contribution in [0.5, 0.6) is 0 Å². The number of aliphatic hydroxyl groups excluding tert-OH is 1. The van der Waals surface area contributed by atoms with Crippen molar-refractivity contribution in [2.24, 2.45) is 0 Å². The third-order valence-electron chi connectivity index (χ3n) is 2.14. The number of halogens is 3. The normalized spacial score (nSPS) is 13.6. The highest BCUT2D eigenvalue weighted by atomic mass is 19.4. The summed E-state index contributed by atoms with van der Waals surface area (Å²) in [5.74, 6) is 0. The van der Waals surface area contributed by atoms with Crippen LogP contribution in [-0.4, -0.2) is 35.0 Å². The maximum Gasteiger partial charge on any atom is 0.415 e. The molecule has 0 radical (unpaired) electrons. The number of rotatable bonds is 5. The van der Waals surface area contributed by atoms with Gasteiger partial charge in [0, 0.05) is 31.9 Å². The third kappa shape index (κ3) is 4.58. The van der Waals surface area contributed by atoms with Gasteiger partial charge >= 0.3 is 6.18 Å². The Kier molecular flexibility index (Phi) is 4.71. The first-order chi connectivity index (χ1) is 7.91. The number of hydrogen-bond donors (Lipinski definition) is 2. The second kappa shape index (κ2) is 5.83. The lowest BCUT2D eigenvalue weighted by Gasteiger charge is -2.15. The maximum atomic E-state index is 11.9. The molecule has 0 aliphatic carbocycles. The summed E-state index contributed by atoms with van der Waals surface area (Å²) in [5.41, 5.74) is -0.217. The summed E-state index contributed by atoms with van der Waals surface area (Å²) < 4.78 is 37.1. The van der Waals surface area contributed by atoms with E-state index in [0.717, 1.165) is 0 Å². The summed E-state index contributed by atoms with van der Waals surface area (Å²) >= 11 is 0. The number of pyridine rings is 1. The minimum Gasteiger partial charge on any atom is -0.382 e. The van der Waals surface area contributed by atoms with Crippen molar-refractivity contribution in [2.45, 2.75) is 18.8 Å². The molecule has 2 N–H and O–H groups in total. The van der Waals surface area contributed by atoms with Crippen LogP contribution >= 0.6 is 0 Å². The lowest BCUT2D eigenvalue weighted by Crippen LogP contribution is -2.39. The average molecular weight is 250 g/mol. The van der Waals surface area contributed by atoms with Crippen molar-refractivity contribution in [2.75, 3.05) is 13.1 Å². The number of aliphatic hydroxyl groups is 1. The highest BCUT2D eigenvalue weighted by Gasteiger charge is 2.37. The highest BCUT2D eigenvalue weighted by molar-refractivity contribution is 4.93. The van der Waals surface area contributed by atoms with Crippen LogP contribution in [0.2, 0.25) is 0 Å². The van der Waals surface area contributed by atoms with E-state index in [-0.39, 0.29) is 18.6 Å². The largest absolute Gasteiger partial charge is 0.415 e. The van der Waals surface area contributed by atoms with Gasteiger partial charge in [-0.05, 0) is 6.07 Å². The zero-order valence-corrected chi connectivity index (χ0v) is 8.94. The van der Waals surface area contributed by atoms with Crippen LogP contribution in [0.25, 0.3) is 0 Å². The Morgan fingerprint density at radius 3 is 2.71 bits per heavy atom. The second-order valence-electron chi connectivity index (χ2n) is 3.49. The van der Waals surface area contributed by atoms with E-state index in [2.05, 4.69) is 5.32 Å². The van der Waals surface area contributed by atoms with Gasteiger partial charge in [-0.25, -0.2) is 0 Å². The molecule has 0 amide bonds. The quantitative estimate of drug-likeness (QED) is 0.742. The Balaban J connectivity index is 2.30. The van der Waals surface area contributed by atoms with Gasteiger partial charge < -0.3 is 15.0 Å². The summed E-state index contributed by atoms with van der Waals surface area (Å²) in [7, 11) is 0. The molecule has 0 bridgehead atoms. The fourth-order valence-electron chi connectivity index (χ4n) is 1.20. The first-order valence-corrected chi connectivity index (χ1v) is 5.02. The third-order valence-corrected chi connectivity index (χ3v) is 2.14. The van der Waals surface area contributed by atoms with E-state index in [1.165, 1.54) is 10.6 Å². The predicted molar refractivity (Wildman–Crippen MR) is 55.6 cm³/mol. The van der Waals surface area contributed by atoms with Crippen molar-refractivity contribution < 1.29 is 18.3 Å². The molecule has 0 saturated carbocycles. The van der Waals surface area contributed by atoms with E-state index in [9.17, 15) is 18.0 Å². The lowest BCUT2D eigenvalue weighted by atomic mass is 10.3. The fraction of sp³-hybridized carbons (Fsp3) is 0.500. The summed E-state index contributed by atoms with van der Waals surface area (Å²) in [6, 6.07) is 4.61. The number of alkyl halides is 3. The number of hydrogen-bond acceptors (Lipinski definition) is 3. The van der Waals surface area contributed by atoms with Gasteiger partial charge in [0.2, 0.25) is 0 Å². The Labute approximate surface area is 95.7 Å². The van der Waals surface area contributed by atoms with Gasteiger partial charge in [-0.3, -0.25) is 4.79 Å². The van der Waals surface area contributed by atoms with Crippen molar-refractivity contribution in [1.82, 2.24) is 9.88 Å². The molecular weight excluding hydrogens is 237 g/mol. The lowest BCUT2D eigenvalue weighted by molar-refractivity contribution is -0.201. The molecule has 1 atom stereocenters. The molecule has 0 spiro atoms. The van der Waals surface area contributed by atoms with Crippen LogP contribution in [-0.2, 0) is 6.54 Å². The smallest absolute Gasteiger partial charge is 0.382 e. The van der Waals surface area contributed by atoms with Crippen LogP contribution in [0.4, 0.5) is 13.2 Å². The summed E-state index contributed by atoms with van der Waals surface area (Å²) in [4.78, 5) is 11.2. The van der Waals surface area contributed by atoms with Crippen molar-refractivity contribution in [3.05, 3.63) is 34.7 Å². The van der Waals surface area contributed by atoms with E-state index in [0.29, 0.717) is 0 Å². The minimum absolute atomic E-state index is 0.178. The van der Waals surface area contributed by atoms with Crippen LogP contribution in [0.15, 0.2) is 29.2 Å². The Morgan fingerprint density at radius 1 is 1.41 bits per heavy atom. The van der Waals surface area contributed by atoms with Crippen LogP contribution in [0.1, 0.15) is 0 Å². The SMILES string of the molecule is O=c1ccccn1CCNCC(O)C(F)(F)F. The zero-order valence-electron chi connectivity index (χ0n) is 8.94. The van der Waals surface area contributed by atoms with E-state index in [1.54, 1.807) is 18.3 Å². The number of aromatic nitrogens is 1. The Bertz CT molecular complexity index is 403. The first-order valence-electron chi connectivity index (χ1n) is 5.02. The molecule has 0 aliphatic heterocycles. The standard InChI is InChI=1S/C10H13F3N2O2/c11-10(12,13)8(16)7-14-4-6-15-5-2-1-3-9(15)17/h1-3,5,8,14,16H,4,6-7H2. The van der Waals surface area contributed by atoms with Crippen molar-refractivity contribution in [1.29, 1.82) is 0 Å². The van der Waals surface area contributed by atoms with Crippen LogP contribution < -0.4 is 10.9 Å². The molecule has 96 valence electrons. The van der Waals surface area contributed by atoms with Crippen LogP contribution in [0, 0.1) is 0 Å². The van der Waals surface area contributed by atoms with Gasteiger partial charge in [-0.2, -0.15) is 13.2 Å². The zero-order chi connectivity index (χ0) is 12.9. The van der Waals surface area contributed by atoms with E-state index in [4.69, 9.17) is 5.11 Å². The van der Waals surface area contributed by atoms with Gasteiger partial charge in [0.25, 0.3) is 5.56 Å². The van der Waals surface area contributed by atoms with Crippen molar-refractivity contribution >= 4 is 0 Å². The van der Waals surface area contributed by atoms with Crippen LogP contribution in [0.3, 0.4) is 0 Å². The number of nitrogens with one attached hydrogen (secondary N) is 1. The van der Waals surface area contributed by atoms with Gasteiger partial charge in [0.05, 0.1) is 0 Å². The number of nitrogens with zero attached hydrogens (tertiary/aromatic N) is 1. The van der Waals surface area contributed by atoms with E-state index >= 15 is 0 Å². The van der Waals surface area contributed by atoms with E-state index < -0.39 is 18.8 Å². The average Bonchev–Trinajstić information content (AvgIpc) is 2.25. The van der Waals surface area contributed by atoms with Gasteiger partial charge in [-0.15, -0.1) is 0 Å². The molecule has 0 fully saturated rings. The van der Waals surface area contributed by atoms with Gasteiger partial charge in [0.1, 0.15) is 0 Å². The molecular formula is C10H13F3N2O2. The fourth-order valence-corrected chi connectivity index (χ4v) is 1.20.